The third-order valence-electron chi connectivity index (χ3n) is 3.16. The molecule has 0 aliphatic heterocycles. The van der Waals surface area contributed by atoms with Crippen LogP contribution in [0.3, 0.4) is 0 Å². The lowest BCUT2D eigenvalue weighted by atomic mass is 10.1. The largest absolute Gasteiger partial charge is 0.370 e. The van der Waals surface area contributed by atoms with E-state index in [2.05, 4.69) is 33.6 Å². The minimum atomic E-state index is 0.630. The molecule has 5 heteroatoms. The highest BCUT2D eigenvalue weighted by Crippen LogP contribution is 2.21. The molecule has 5 nitrogen and oxygen atoms in total. The molecule has 1 aromatic carbocycles. The van der Waals surface area contributed by atoms with E-state index in [1.54, 1.807) is 12.4 Å². The number of nitrogens with one attached hydrogen (secondary N) is 2. The Morgan fingerprint density at radius 1 is 1.14 bits per heavy atom. The Morgan fingerprint density at radius 3 is 2.57 bits per heavy atom. The number of rotatable bonds is 6. The molecular weight excluding hydrogens is 262 g/mol. The molecule has 0 radical (unpaired) electrons. The van der Waals surface area contributed by atoms with Crippen LogP contribution in [0.5, 0.6) is 0 Å². The molecule has 0 aliphatic carbocycles. The van der Waals surface area contributed by atoms with Crippen molar-refractivity contribution in [3.05, 3.63) is 47.3 Å². The Kier molecular flexibility index (Phi) is 5.10. The van der Waals surface area contributed by atoms with E-state index in [-0.39, 0.29) is 0 Å². The molecule has 0 spiro atoms. The molecule has 2 rings (SSSR count). The van der Waals surface area contributed by atoms with Gasteiger partial charge in [0.25, 0.3) is 0 Å². The number of hydrogen-bond donors (Lipinski definition) is 2. The second-order valence-corrected chi connectivity index (χ2v) is 4.60. The van der Waals surface area contributed by atoms with Gasteiger partial charge in [-0.2, -0.15) is 5.26 Å². The number of nitrogens with zero attached hydrogens (tertiary/aromatic N) is 3. The van der Waals surface area contributed by atoms with E-state index in [1.165, 1.54) is 0 Å². The number of nitriles is 1. The fraction of sp³-hybridized carbons (Fsp3) is 0.312. The first kappa shape index (κ1) is 14.8. The SMILES string of the molecule is CCNc1ncnc(NCc2cccc(C#N)c2)c1CC. The summed E-state index contributed by atoms with van der Waals surface area (Å²) in [7, 11) is 0. The molecule has 1 heterocycles. The minimum Gasteiger partial charge on any atom is -0.370 e. The van der Waals surface area contributed by atoms with Crippen LogP contribution in [-0.2, 0) is 13.0 Å². The average molecular weight is 281 g/mol. The molecule has 0 atom stereocenters. The normalized spacial score (nSPS) is 9.95. The van der Waals surface area contributed by atoms with Crippen LogP contribution in [0.15, 0.2) is 30.6 Å². The van der Waals surface area contributed by atoms with Gasteiger partial charge in [-0.1, -0.05) is 19.1 Å². The molecule has 0 fully saturated rings. The van der Waals surface area contributed by atoms with E-state index >= 15 is 0 Å². The van der Waals surface area contributed by atoms with Crippen molar-refractivity contribution in [3.8, 4) is 6.07 Å². The summed E-state index contributed by atoms with van der Waals surface area (Å²) in [6.45, 7) is 5.59. The van der Waals surface area contributed by atoms with Crippen molar-refractivity contribution < 1.29 is 0 Å². The van der Waals surface area contributed by atoms with E-state index in [0.717, 1.165) is 35.7 Å². The van der Waals surface area contributed by atoms with E-state index < -0.39 is 0 Å². The smallest absolute Gasteiger partial charge is 0.134 e. The zero-order valence-electron chi connectivity index (χ0n) is 12.3. The Labute approximate surface area is 125 Å². The van der Waals surface area contributed by atoms with Gasteiger partial charge in [0.15, 0.2) is 0 Å². The van der Waals surface area contributed by atoms with Crippen LogP contribution in [0.2, 0.25) is 0 Å². The van der Waals surface area contributed by atoms with Crippen molar-refractivity contribution in [2.24, 2.45) is 0 Å². The molecule has 0 unspecified atom stereocenters. The molecule has 0 amide bonds. The summed E-state index contributed by atoms with van der Waals surface area (Å²) in [6.07, 6.45) is 2.41. The third kappa shape index (κ3) is 3.69. The van der Waals surface area contributed by atoms with Gasteiger partial charge in [-0.15, -0.1) is 0 Å². The highest BCUT2D eigenvalue weighted by Gasteiger charge is 2.08. The van der Waals surface area contributed by atoms with Crippen LogP contribution < -0.4 is 10.6 Å². The standard InChI is InChI=1S/C16H19N5/c1-3-14-15(18-4-2)20-11-21-16(14)19-10-13-7-5-6-12(8-13)9-17/h5-8,11H,3-4,10H2,1-2H3,(H2,18,19,20,21). The zero-order chi connectivity index (χ0) is 15.1. The summed E-state index contributed by atoms with van der Waals surface area (Å²) < 4.78 is 0. The Hall–Kier alpha value is -2.61. The predicted octanol–water partition coefficient (Wildman–Crippen LogP) is 2.95. The Bertz CT molecular complexity index is 645. The molecule has 0 saturated carbocycles. The summed E-state index contributed by atoms with van der Waals surface area (Å²) >= 11 is 0. The predicted molar refractivity (Wildman–Crippen MR) is 84.1 cm³/mol. The fourth-order valence-electron chi connectivity index (χ4n) is 2.16. The van der Waals surface area contributed by atoms with Gasteiger partial charge in [0.1, 0.15) is 18.0 Å². The van der Waals surface area contributed by atoms with Crippen molar-refractivity contribution in [2.75, 3.05) is 17.2 Å². The summed E-state index contributed by atoms with van der Waals surface area (Å²) in [5.74, 6) is 1.72. The molecule has 0 aliphatic rings. The molecule has 108 valence electrons. The number of hydrogen-bond acceptors (Lipinski definition) is 5. The number of benzene rings is 1. The number of aromatic nitrogens is 2. The monoisotopic (exact) mass is 281 g/mol. The van der Waals surface area contributed by atoms with Gasteiger partial charge >= 0.3 is 0 Å². The maximum absolute atomic E-state index is 8.93. The number of anilines is 2. The van der Waals surface area contributed by atoms with Crippen molar-refractivity contribution in [1.82, 2.24) is 9.97 Å². The van der Waals surface area contributed by atoms with Crippen LogP contribution in [0.1, 0.15) is 30.5 Å². The molecule has 21 heavy (non-hydrogen) atoms. The first-order valence-corrected chi connectivity index (χ1v) is 7.09. The van der Waals surface area contributed by atoms with Crippen LogP contribution in [0, 0.1) is 11.3 Å². The highest BCUT2D eigenvalue weighted by atomic mass is 15.1. The lowest BCUT2D eigenvalue weighted by molar-refractivity contribution is 0.999. The van der Waals surface area contributed by atoms with Gasteiger partial charge in [0, 0.05) is 18.7 Å². The fourth-order valence-corrected chi connectivity index (χ4v) is 2.16. The van der Waals surface area contributed by atoms with Crippen LogP contribution in [0.4, 0.5) is 11.6 Å². The first-order valence-electron chi connectivity index (χ1n) is 7.09. The molecule has 0 saturated heterocycles. The van der Waals surface area contributed by atoms with Gasteiger partial charge in [0.05, 0.1) is 11.6 Å². The third-order valence-corrected chi connectivity index (χ3v) is 3.16. The second kappa shape index (κ2) is 7.25. The van der Waals surface area contributed by atoms with E-state index in [9.17, 15) is 0 Å². The van der Waals surface area contributed by atoms with E-state index in [1.807, 2.05) is 25.1 Å². The van der Waals surface area contributed by atoms with Crippen molar-refractivity contribution in [1.29, 1.82) is 5.26 Å². The topological polar surface area (TPSA) is 73.6 Å². The summed E-state index contributed by atoms with van der Waals surface area (Å²) in [6, 6.07) is 9.71. The van der Waals surface area contributed by atoms with Gasteiger partial charge < -0.3 is 10.6 Å². The van der Waals surface area contributed by atoms with Gasteiger partial charge in [-0.25, -0.2) is 9.97 Å². The first-order chi connectivity index (χ1) is 10.3. The lowest BCUT2D eigenvalue weighted by Gasteiger charge is -2.13. The molecule has 0 bridgehead atoms. The lowest BCUT2D eigenvalue weighted by Crippen LogP contribution is -2.09. The van der Waals surface area contributed by atoms with E-state index in [4.69, 9.17) is 5.26 Å². The van der Waals surface area contributed by atoms with Crippen molar-refractivity contribution in [3.63, 3.8) is 0 Å². The highest BCUT2D eigenvalue weighted by molar-refractivity contribution is 5.57. The Morgan fingerprint density at radius 2 is 1.90 bits per heavy atom. The Balaban J connectivity index is 2.16. The van der Waals surface area contributed by atoms with Crippen molar-refractivity contribution in [2.45, 2.75) is 26.8 Å². The molecule has 2 aromatic rings. The summed E-state index contributed by atoms with van der Waals surface area (Å²) in [4.78, 5) is 8.60. The van der Waals surface area contributed by atoms with Crippen LogP contribution >= 0.6 is 0 Å². The molecular formula is C16H19N5. The maximum atomic E-state index is 8.93. The summed E-state index contributed by atoms with van der Waals surface area (Å²) in [5, 5.41) is 15.5. The molecule has 2 N–H and O–H groups in total. The van der Waals surface area contributed by atoms with Gasteiger partial charge in [0.2, 0.25) is 0 Å². The quantitative estimate of drug-likeness (QED) is 0.851. The summed E-state index contributed by atoms with van der Waals surface area (Å²) in [5.41, 5.74) is 2.80. The molecule has 1 aromatic heterocycles. The van der Waals surface area contributed by atoms with Crippen LogP contribution in [0.25, 0.3) is 0 Å². The van der Waals surface area contributed by atoms with Crippen LogP contribution in [-0.4, -0.2) is 16.5 Å². The van der Waals surface area contributed by atoms with Gasteiger partial charge in [-0.05, 0) is 31.0 Å². The second-order valence-electron chi connectivity index (χ2n) is 4.60. The van der Waals surface area contributed by atoms with Crippen molar-refractivity contribution >= 4 is 11.6 Å². The zero-order valence-corrected chi connectivity index (χ0v) is 12.3. The van der Waals surface area contributed by atoms with Gasteiger partial charge in [-0.3, -0.25) is 0 Å². The minimum absolute atomic E-state index is 0.630. The van der Waals surface area contributed by atoms with E-state index in [0.29, 0.717) is 12.1 Å². The maximum Gasteiger partial charge on any atom is 0.134 e. The average Bonchev–Trinajstić information content (AvgIpc) is 2.53.